The molecule has 0 spiro atoms. The molecule has 0 radical (unpaired) electrons. The fraction of sp³-hybridized carbons (Fsp3) is 0.273. The summed E-state index contributed by atoms with van der Waals surface area (Å²) in [5.74, 6) is 0.546. The molecule has 0 bridgehead atoms. The molecule has 4 aromatic rings. The number of benzene rings is 4. The van der Waals surface area contributed by atoms with Crippen molar-refractivity contribution in [2.24, 2.45) is 0 Å². The molecule has 2 aliphatic rings. The molecule has 33 heavy (non-hydrogen) atoms. The Morgan fingerprint density at radius 2 is 0.939 bits per heavy atom. The molecule has 0 atom stereocenters. The van der Waals surface area contributed by atoms with Gasteiger partial charge in [0.1, 0.15) is 0 Å². The molecule has 0 saturated heterocycles. The van der Waals surface area contributed by atoms with Crippen LogP contribution in [0, 0.1) is 0 Å². The van der Waals surface area contributed by atoms with Crippen LogP contribution in [-0.4, -0.2) is 0 Å². The van der Waals surface area contributed by atoms with E-state index in [1.807, 2.05) is 0 Å². The maximum Gasteiger partial charge on any atom is 0.0159 e. The van der Waals surface area contributed by atoms with Crippen molar-refractivity contribution in [2.45, 2.75) is 58.3 Å². The number of hydrogen-bond acceptors (Lipinski definition) is 0. The van der Waals surface area contributed by atoms with Crippen molar-refractivity contribution < 1.29 is 0 Å². The predicted octanol–water partition coefficient (Wildman–Crippen LogP) is 9.09. The lowest BCUT2D eigenvalue weighted by Gasteiger charge is -2.24. The summed E-state index contributed by atoms with van der Waals surface area (Å²) in [6.07, 6.45) is 0. The minimum absolute atomic E-state index is 0.0117. The van der Waals surface area contributed by atoms with E-state index < -0.39 is 0 Å². The summed E-state index contributed by atoms with van der Waals surface area (Å²) < 4.78 is 0. The van der Waals surface area contributed by atoms with Crippen LogP contribution in [0.2, 0.25) is 0 Å². The molecule has 4 aromatic carbocycles. The van der Waals surface area contributed by atoms with E-state index in [4.69, 9.17) is 0 Å². The summed E-state index contributed by atoms with van der Waals surface area (Å²) in [5.41, 5.74) is 15.4. The molecule has 0 nitrogen and oxygen atoms in total. The molecule has 0 heterocycles. The van der Waals surface area contributed by atoms with Gasteiger partial charge in [-0.15, -0.1) is 0 Å². The number of fused-ring (bicyclic) bond motifs is 6. The van der Waals surface area contributed by atoms with E-state index in [1.165, 1.54) is 61.2 Å². The predicted molar refractivity (Wildman–Crippen MR) is 141 cm³/mol. The van der Waals surface area contributed by atoms with Crippen LogP contribution in [0.5, 0.6) is 0 Å². The first kappa shape index (κ1) is 20.5. The van der Waals surface area contributed by atoms with Gasteiger partial charge in [-0.05, 0) is 79.2 Å². The summed E-state index contributed by atoms with van der Waals surface area (Å²) >= 11 is 0. The van der Waals surface area contributed by atoms with Crippen molar-refractivity contribution in [2.75, 3.05) is 0 Å². The second kappa shape index (κ2) is 6.70. The Kier molecular flexibility index (Phi) is 4.16. The molecule has 0 N–H and O–H groups in total. The van der Waals surface area contributed by atoms with Gasteiger partial charge in [0.25, 0.3) is 0 Å². The Morgan fingerprint density at radius 1 is 0.485 bits per heavy atom. The molecule has 2 aliphatic carbocycles. The van der Waals surface area contributed by atoms with E-state index in [0.717, 1.165) is 0 Å². The lowest BCUT2D eigenvalue weighted by atomic mass is 9.80. The van der Waals surface area contributed by atoms with Crippen LogP contribution in [0.15, 0.2) is 78.9 Å². The quantitative estimate of drug-likeness (QED) is 0.299. The monoisotopic (exact) mass is 428 g/mol. The fourth-order valence-electron chi connectivity index (χ4n) is 6.18. The second-order valence-corrected chi connectivity index (χ2v) is 11.3. The highest BCUT2D eigenvalue weighted by atomic mass is 14.4. The van der Waals surface area contributed by atoms with Gasteiger partial charge in [-0.1, -0.05) is 108 Å². The smallest absolute Gasteiger partial charge is 0.0159 e. The minimum Gasteiger partial charge on any atom is -0.0619 e. The Hall–Kier alpha value is -3.12. The van der Waals surface area contributed by atoms with Gasteiger partial charge in [-0.2, -0.15) is 0 Å². The molecular weight excluding hydrogens is 396 g/mol. The molecule has 0 saturated carbocycles. The zero-order chi connectivity index (χ0) is 23.1. The summed E-state index contributed by atoms with van der Waals surface area (Å²) in [6.45, 7) is 14.0. The van der Waals surface area contributed by atoms with Crippen LogP contribution < -0.4 is 0 Å². The van der Waals surface area contributed by atoms with Crippen LogP contribution >= 0.6 is 0 Å². The van der Waals surface area contributed by atoms with Crippen molar-refractivity contribution >= 4 is 0 Å². The third-order valence-electron chi connectivity index (χ3n) is 8.28. The molecule has 0 aromatic heterocycles. The van der Waals surface area contributed by atoms with Gasteiger partial charge in [0, 0.05) is 10.8 Å². The standard InChI is InChI=1S/C33H32/c1-20(2)21-11-14-26-27-16-13-23(19-31(27)33(5,6)29(26)17-21)22-12-15-25-24-9-7-8-10-28(24)32(3,4)30(25)18-22/h7-20H,1-6H3. The Morgan fingerprint density at radius 3 is 1.52 bits per heavy atom. The van der Waals surface area contributed by atoms with Gasteiger partial charge in [0.15, 0.2) is 0 Å². The molecular formula is C33H32. The molecule has 0 aliphatic heterocycles. The van der Waals surface area contributed by atoms with Crippen molar-refractivity contribution in [1.82, 2.24) is 0 Å². The summed E-state index contributed by atoms with van der Waals surface area (Å²) in [4.78, 5) is 0. The largest absolute Gasteiger partial charge is 0.0619 e. The van der Waals surface area contributed by atoms with Gasteiger partial charge >= 0.3 is 0 Å². The van der Waals surface area contributed by atoms with Crippen molar-refractivity contribution in [3.63, 3.8) is 0 Å². The maximum absolute atomic E-state index is 2.45. The molecule has 164 valence electrons. The third-order valence-corrected chi connectivity index (χ3v) is 8.28. The zero-order valence-corrected chi connectivity index (χ0v) is 20.6. The highest BCUT2D eigenvalue weighted by Gasteiger charge is 2.37. The van der Waals surface area contributed by atoms with Crippen molar-refractivity contribution in [3.8, 4) is 33.4 Å². The molecule has 6 rings (SSSR count). The van der Waals surface area contributed by atoms with E-state index in [2.05, 4.69) is 120 Å². The van der Waals surface area contributed by atoms with Gasteiger partial charge in [-0.25, -0.2) is 0 Å². The van der Waals surface area contributed by atoms with E-state index in [1.54, 1.807) is 0 Å². The number of hydrogen-bond donors (Lipinski definition) is 0. The van der Waals surface area contributed by atoms with Crippen LogP contribution in [0.1, 0.15) is 75.3 Å². The van der Waals surface area contributed by atoms with E-state index >= 15 is 0 Å². The molecule has 0 fully saturated rings. The third kappa shape index (κ3) is 2.76. The maximum atomic E-state index is 2.45. The van der Waals surface area contributed by atoms with E-state index in [0.29, 0.717) is 5.92 Å². The normalized spacial score (nSPS) is 16.3. The van der Waals surface area contributed by atoms with Gasteiger partial charge < -0.3 is 0 Å². The molecule has 0 unspecified atom stereocenters. The lowest BCUT2D eigenvalue weighted by molar-refractivity contribution is 0.657. The highest BCUT2D eigenvalue weighted by molar-refractivity contribution is 5.86. The average Bonchev–Trinajstić information content (AvgIpc) is 3.18. The molecule has 0 amide bonds. The number of rotatable bonds is 2. The lowest BCUT2D eigenvalue weighted by Crippen LogP contribution is -2.15. The topological polar surface area (TPSA) is 0 Å². The van der Waals surface area contributed by atoms with E-state index in [-0.39, 0.29) is 10.8 Å². The van der Waals surface area contributed by atoms with Gasteiger partial charge in [0.05, 0.1) is 0 Å². The van der Waals surface area contributed by atoms with Gasteiger partial charge in [-0.3, -0.25) is 0 Å². The van der Waals surface area contributed by atoms with Gasteiger partial charge in [0.2, 0.25) is 0 Å². The zero-order valence-electron chi connectivity index (χ0n) is 20.6. The van der Waals surface area contributed by atoms with Crippen LogP contribution in [0.3, 0.4) is 0 Å². The minimum atomic E-state index is 0.0117. The van der Waals surface area contributed by atoms with E-state index in [9.17, 15) is 0 Å². The first-order valence-electron chi connectivity index (χ1n) is 12.2. The first-order chi connectivity index (χ1) is 15.7. The Labute approximate surface area is 198 Å². The Balaban J connectivity index is 1.47. The van der Waals surface area contributed by atoms with Crippen LogP contribution in [-0.2, 0) is 10.8 Å². The summed E-state index contributed by atoms with van der Waals surface area (Å²) in [6, 6.07) is 30.2. The highest BCUT2D eigenvalue weighted by Crippen LogP contribution is 2.52. The first-order valence-corrected chi connectivity index (χ1v) is 12.2. The van der Waals surface area contributed by atoms with Crippen molar-refractivity contribution in [3.05, 3.63) is 107 Å². The fourth-order valence-corrected chi connectivity index (χ4v) is 6.18. The summed E-state index contributed by atoms with van der Waals surface area (Å²) in [7, 11) is 0. The SMILES string of the molecule is CC(C)c1ccc2c(c1)C(C)(C)c1cc(-c3ccc4c(c3)C(C)(C)c3ccccc3-4)ccc1-2. The Bertz CT molecular complexity index is 1430. The summed E-state index contributed by atoms with van der Waals surface area (Å²) in [5, 5.41) is 0. The van der Waals surface area contributed by atoms with Crippen LogP contribution in [0.4, 0.5) is 0 Å². The molecule has 0 heteroatoms. The average molecular weight is 429 g/mol. The van der Waals surface area contributed by atoms with Crippen LogP contribution in [0.25, 0.3) is 33.4 Å². The van der Waals surface area contributed by atoms with Crippen molar-refractivity contribution in [1.29, 1.82) is 0 Å². The second-order valence-electron chi connectivity index (χ2n) is 11.3.